The van der Waals surface area contributed by atoms with Crippen molar-refractivity contribution in [2.24, 2.45) is 0 Å². The van der Waals surface area contributed by atoms with Crippen molar-refractivity contribution in [2.75, 3.05) is 0 Å². The van der Waals surface area contributed by atoms with Crippen LogP contribution in [-0.4, -0.2) is 19.5 Å². The molecular formula is C55H36N4. The summed E-state index contributed by atoms with van der Waals surface area (Å²) < 4.78 is 2.38. The Morgan fingerprint density at radius 1 is 0.322 bits per heavy atom. The van der Waals surface area contributed by atoms with Crippen LogP contribution in [0.3, 0.4) is 0 Å². The molecule has 0 aliphatic heterocycles. The van der Waals surface area contributed by atoms with E-state index in [9.17, 15) is 0 Å². The zero-order chi connectivity index (χ0) is 39.1. The van der Waals surface area contributed by atoms with Gasteiger partial charge in [0.15, 0.2) is 5.82 Å². The van der Waals surface area contributed by atoms with Gasteiger partial charge in [0.2, 0.25) is 0 Å². The maximum atomic E-state index is 5.28. The van der Waals surface area contributed by atoms with E-state index in [1.54, 1.807) is 0 Å². The average Bonchev–Trinajstić information content (AvgIpc) is 3.68. The van der Waals surface area contributed by atoms with E-state index in [0.29, 0.717) is 5.82 Å². The second kappa shape index (κ2) is 14.5. The number of hydrogen-bond donors (Lipinski definition) is 0. The first-order valence-electron chi connectivity index (χ1n) is 19.9. The van der Waals surface area contributed by atoms with Gasteiger partial charge in [-0.25, -0.2) is 15.0 Å². The Labute approximate surface area is 342 Å². The summed E-state index contributed by atoms with van der Waals surface area (Å²) in [5, 5.41) is 3.59. The molecule has 0 saturated heterocycles. The SMILES string of the molecule is c1ccc(-c2ccc(-c3cc(-c4ccc(-c5ccc(-n6c7ccccc7c7c8ccccc8nc(-c8ccccc8)c76)cc5)cc4)nc(-c4ccccc4)n3)cc2)cc1. The van der Waals surface area contributed by atoms with E-state index in [0.717, 1.165) is 78.1 Å². The summed E-state index contributed by atoms with van der Waals surface area (Å²) in [6.45, 7) is 0. The van der Waals surface area contributed by atoms with E-state index in [-0.39, 0.29) is 0 Å². The molecule has 0 aliphatic carbocycles. The number of nitrogens with zero attached hydrogens (tertiary/aromatic N) is 4. The lowest BCUT2D eigenvalue weighted by Gasteiger charge is -2.13. The van der Waals surface area contributed by atoms with Gasteiger partial charge in [0.25, 0.3) is 0 Å². The third-order valence-corrected chi connectivity index (χ3v) is 11.2. The summed E-state index contributed by atoms with van der Waals surface area (Å²) in [4.78, 5) is 15.4. The standard InChI is InChI=1S/C55H36N4/c1-4-14-37(15-5-1)38-24-28-41(29-25-38)49-36-50(58-55(57-49)44-18-8-3-9-19-44)42-30-26-39(27-31-42)40-32-34-45(35-33-40)59-51-23-13-11-21-47(51)52-46-20-10-12-22-48(46)56-53(54(52)59)43-16-6-2-7-17-43/h1-36H. The molecule has 0 radical (unpaired) electrons. The van der Waals surface area contributed by atoms with E-state index in [1.165, 1.54) is 21.9 Å². The summed E-state index contributed by atoms with van der Waals surface area (Å²) in [7, 11) is 0. The molecule has 0 spiro atoms. The lowest BCUT2D eigenvalue weighted by Crippen LogP contribution is -1.97. The molecular weight excluding hydrogens is 717 g/mol. The Hall–Kier alpha value is -7.95. The molecule has 0 amide bonds. The van der Waals surface area contributed by atoms with Crippen molar-refractivity contribution in [3.63, 3.8) is 0 Å². The molecule has 8 aromatic carbocycles. The molecule has 0 bridgehead atoms. The lowest BCUT2D eigenvalue weighted by atomic mass is 10.00. The monoisotopic (exact) mass is 752 g/mol. The van der Waals surface area contributed by atoms with E-state index in [4.69, 9.17) is 15.0 Å². The molecule has 11 rings (SSSR count). The number of aromatic nitrogens is 4. The molecule has 0 fully saturated rings. The van der Waals surface area contributed by atoms with E-state index < -0.39 is 0 Å². The van der Waals surface area contributed by atoms with E-state index >= 15 is 0 Å². The van der Waals surface area contributed by atoms with Gasteiger partial charge in [0, 0.05) is 44.1 Å². The number of fused-ring (bicyclic) bond motifs is 5. The van der Waals surface area contributed by atoms with E-state index in [1.807, 2.05) is 24.3 Å². The van der Waals surface area contributed by atoms with Crippen molar-refractivity contribution in [3.8, 4) is 73.1 Å². The fourth-order valence-electron chi connectivity index (χ4n) is 8.32. The van der Waals surface area contributed by atoms with Crippen molar-refractivity contribution < 1.29 is 0 Å². The third kappa shape index (κ3) is 6.24. The molecule has 59 heavy (non-hydrogen) atoms. The highest BCUT2D eigenvalue weighted by molar-refractivity contribution is 6.23. The molecule has 276 valence electrons. The van der Waals surface area contributed by atoms with Crippen molar-refractivity contribution in [3.05, 3.63) is 218 Å². The maximum Gasteiger partial charge on any atom is 0.160 e. The van der Waals surface area contributed by atoms with Gasteiger partial charge in [-0.3, -0.25) is 0 Å². The first kappa shape index (κ1) is 34.3. The Kier molecular flexibility index (Phi) is 8.45. The average molecular weight is 753 g/mol. The minimum absolute atomic E-state index is 0.702. The highest BCUT2D eigenvalue weighted by atomic mass is 15.0. The molecule has 4 nitrogen and oxygen atoms in total. The second-order valence-electron chi connectivity index (χ2n) is 14.8. The lowest BCUT2D eigenvalue weighted by molar-refractivity contribution is 1.17. The number of para-hydroxylation sites is 2. The molecule has 0 atom stereocenters. The summed E-state index contributed by atoms with van der Waals surface area (Å²) in [6.07, 6.45) is 0. The van der Waals surface area contributed by atoms with Gasteiger partial charge < -0.3 is 4.57 Å². The van der Waals surface area contributed by atoms with Crippen molar-refractivity contribution in [1.29, 1.82) is 0 Å². The minimum Gasteiger partial charge on any atom is -0.307 e. The van der Waals surface area contributed by atoms with Gasteiger partial charge in [-0.15, -0.1) is 0 Å². The number of rotatable bonds is 7. The van der Waals surface area contributed by atoms with Crippen LogP contribution in [0.5, 0.6) is 0 Å². The topological polar surface area (TPSA) is 43.6 Å². The van der Waals surface area contributed by atoms with Crippen LogP contribution in [0.4, 0.5) is 0 Å². The Balaban J connectivity index is 0.968. The Morgan fingerprint density at radius 3 is 1.36 bits per heavy atom. The number of hydrogen-bond acceptors (Lipinski definition) is 3. The molecule has 3 aromatic heterocycles. The Morgan fingerprint density at radius 2 is 0.763 bits per heavy atom. The first-order chi connectivity index (χ1) is 29.2. The molecule has 11 aromatic rings. The van der Waals surface area contributed by atoms with Crippen LogP contribution in [0.2, 0.25) is 0 Å². The minimum atomic E-state index is 0.702. The van der Waals surface area contributed by atoms with Gasteiger partial charge in [0.1, 0.15) is 0 Å². The normalized spacial score (nSPS) is 11.4. The fraction of sp³-hybridized carbons (Fsp3) is 0. The zero-order valence-corrected chi connectivity index (χ0v) is 32.1. The predicted octanol–water partition coefficient (Wildman–Crippen LogP) is 14.1. The van der Waals surface area contributed by atoms with Crippen molar-refractivity contribution in [2.45, 2.75) is 0 Å². The van der Waals surface area contributed by atoms with Gasteiger partial charge in [0.05, 0.1) is 33.6 Å². The van der Waals surface area contributed by atoms with Gasteiger partial charge in [-0.2, -0.15) is 0 Å². The molecule has 4 heteroatoms. The van der Waals surface area contributed by atoms with Crippen LogP contribution >= 0.6 is 0 Å². The number of pyridine rings is 1. The summed E-state index contributed by atoms with van der Waals surface area (Å²) in [5.74, 6) is 0.702. The molecule has 3 heterocycles. The van der Waals surface area contributed by atoms with Crippen LogP contribution in [0, 0.1) is 0 Å². The van der Waals surface area contributed by atoms with Crippen LogP contribution in [-0.2, 0) is 0 Å². The Bertz CT molecular complexity index is 3260. The van der Waals surface area contributed by atoms with Crippen molar-refractivity contribution >= 4 is 32.7 Å². The highest BCUT2D eigenvalue weighted by Crippen LogP contribution is 2.41. The van der Waals surface area contributed by atoms with Crippen LogP contribution in [0.25, 0.3) is 106 Å². The smallest absolute Gasteiger partial charge is 0.160 e. The third-order valence-electron chi connectivity index (χ3n) is 11.2. The highest BCUT2D eigenvalue weighted by Gasteiger charge is 2.20. The van der Waals surface area contributed by atoms with Crippen LogP contribution < -0.4 is 0 Å². The maximum absolute atomic E-state index is 5.28. The van der Waals surface area contributed by atoms with Crippen LogP contribution in [0.1, 0.15) is 0 Å². The predicted molar refractivity (Wildman–Crippen MR) is 244 cm³/mol. The van der Waals surface area contributed by atoms with Gasteiger partial charge in [-0.05, 0) is 52.6 Å². The quantitative estimate of drug-likeness (QED) is 0.163. The molecule has 0 N–H and O–H groups in total. The van der Waals surface area contributed by atoms with Gasteiger partial charge >= 0.3 is 0 Å². The second-order valence-corrected chi connectivity index (χ2v) is 14.8. The number of benzene rings is 8. The molecule has 0 aliphatic rings. The zero-order valence-electron chi connectivity index (χ0n) is 32.1. The molecule has 0 saturated carbocycles. The first-order valence-corrected chi connectivity index (χ1v) is 19.9. The van der Waals surface area contributed by atoms with Gasteiger partial charge in [-0.1, -0.05) is 188 Å². The fourth-order valence-corrected chi connectivity index (χ4v) is 8.32. The van der Waals surface area contributed by atoms with Crippen LogP contribution in [0.15, 0.2) is 218 Å². The summed E-state index contributed by atoms with van der Waals surface area (Å²) >= 11 is 0. The largest absolute Gasteiger partial charge is 0.307 e. The summed E-state index contributed by atoms with van der Waals surface area (Å²) in [6, 6.07) is 76.7. The molecule has 0 unspecified atom stereocenters. The summed E-state index contributed by atoms with van der Waals surface area (Å²) in [5.41, 5.74) is 15.9. The van der Waals surface area contributed by atoms with E-state index in [2.05, 4.69) is 199 Å². The van der Waals surface area contributed by atoms with Crippen molar-refractivity contribution in [1.82, 2.24) is 19.5 Å².